The molecule has 4 aliphatic carbocycles. The highest BCUT2D eigenvalue weighted by Crippen LogP contribution is 2.87. The molecule has 79 heavy (non-hydrogen) atoms. The molecule has 0 saturated carbocycles. The first-order valence-electron chi connectivity index (χ1n) is 28.9. The van der Waals surface area contributed by atoms with Crippen molar-refractivity contribution in [3.8, 4) is 0 Å². The molecule has 0 aromatic heterocycles. The minimum atomic E-state index is -1.24. The molecular formula is C72H18BrNO5. The molecule has 1 amide bonds. The van der Waals surface area contributed by atoms with Crippen LogP contribution in [0.4, 0.5) is 0 Å². The maximum absolute atomic E-state index is 16.5. The van der Waals surface area contributed by atoms with E-state index in [0.717, 1.165) is 18.2 Å². The zero-order valence-corrected chi connectivity index (χ0v) is 42.6. The summed E-state index contributed by atoms with van der Waals surface area (Å²) in [5.41, 5.74) is 2.36. The van der Waals surface area contributed by atoms with Crippen LogP contribution in [0.1, 0.15) is 47.9 Å². The Morgan fingerprint density at radius 2 is 0.481 bits per heavy atom. The Morgan fingerprint density at radius 3 is 0.646 bits per heavy atom. The third-order valence-corrected chi connectivity index (χ3v) is 27.5. The fourth-order valence-electron chi connectivity index (χ4n) is 26.7. The Hall–Kier alpha value is -8.65. The predicted octanol–water partition coefficient (Wildman–Crippen LogP) is 17.2. The zero-order chi connectivity index (χ0) is 48.9. The van der Waals surface area contributed by atoms with E-state index < -0.39 is 34.9 Å². The lowest BCUT2D eigenvalue weighted by Crippen LogP contribution is -2.59. The van der Waals surface area contributed by atoms with Crippen molar-refractivity contribution in [2.45, 2.75) is 48.6 Å². The zero-order valence-electron chi connectivity index (χ0n) is 41.1. The number of carbonyl (C=O) groups excluding carboxylic acids is 3. The van der Waals surface area contributed by atoms with Crippen LogP contribution in [0.5, 0.6) is 0 Å². The van der Waals surface area contributed by atoms with Crippen LogP contribution in [0.25, 0.3) is 291 Å². The molecule has 5 aliphatic rings. The molecule has 0 N–H and O–H groups in total. The molecule has 6 nitrogen and oxygen atoms in total. The Bertz CT molecular complexity index is 6980. The lowest BCUT2D eigenvalue weighted by molar-refractivity contribution is -0.159. The summed E-state index contributed by atoms with van der Waals surface area (Å²) in [6, 6.07) is -2.30. The van der Waals surface area contributed by atoms with E-state index >= 15 is 14.4 Å². The van der Waals surface area contributed by atoms with E-state index in [0.29, 0.717) is 6.42 Å². The fraction of sp³-hybridized carbons (Fsp3) is 0.153. The van der Waals surface area contributed by atoms with Crippen molar-refractivity contribution >= 4 is 325 Å². The van der Waals surface area contributed by atoms with Crippen LogP contribution in [-0.2, 0) is 34.7 Å². The van der Waals surface area contributed by atoms with Crippen molar-refractivity contribution in [1.29, 1.82) is 0 Å². The van der Waals surface area contributed by atoms with Gasteiger partial charge in [0.15, 0.2) is 0 Å². The number of ether oxygens (including phenoxy) is 2. The number of benzene rings is 18. The van der Waals surface area contributed by atoms with Gasteiger partial charge in [-0.05, 0) is 326 Å². The lowest BCUT2D eigenvalue weighted by Gasteiger charge is -2.51. The summed E-state index contributed by atoms with van der Waals surface area (Å²) >= 11 is 3.67. The Labute approximate surface area is 441 Å². The molecule has 0 radical (unpaired) electrons. The van der Waals surface area contributed by atoms with Gasteiger partial charge in [0.1, 0.15) is 12.1 Å². The number of unbranched alkanes of at least 4 members (excludes halogenated alkanes) is 2. The number of carbonyl (C=O) groups is 3. The molecule has 28 aromatic rings. The van der Waals surface area contributed by atoms with Crippen LogP contribution in [0.2, 0.25) is 0 Å². The average molecular weight is 1060 g/mol. The molecule has 1 aliphatic heterocycles. The lowest BCUT2D eigenvalue weighted by atomic mass is 9.46. The maximum Gasteiger partial charge on any atom is 0.329 e. The summed E-state index contributed by atoms with van der Waals surface area (Å²) in [4.78, 5) is 51.3. The molecule has 33 rings (SSSR count). The molecule has 2 atom stereocenters. The number of hydrogen-bond acceptors (Lipinski definition) is 5. The first kappa shape index (κ1) is 32.9. The largest absolute Gasteiger partial charge is 0.467 e. The van der Waals surface area contributed by atoms with Crippen molar-refractivity contribution in [1.82, 2.24) is 4.90 Å². The van der Waals surface area contributed by atoms with Crippen molar-refractivity contribution in [3.63, 3.8) is 0 Å². The molecule has 2 spiro atoms. The second kappa shape index (κ2) is 7.91. The summed E-state index contributed by atoms with van der Waals surface area (Å²) in [6.07, 6.45) is 2.66. The van der Waals surface area contributed by atoms with Gasteiger partial charge in [-0.1, -0.05) is 22.4 Å². The van der Waals surface area contributed by atoms with E-state index in [-0.39, 0.29) is 12.3 Å². The van der Waals surface area contributed by atoms with Crippen LogP contribution in [-0.4, -0.2) is 54.4 Å². The summed E-state index contributed by atoms with van der Waals surface area (Å²) in [6.45, 7) is 0. The van der Waals surface area contributed by atoms with E-state index in [1.165, 1.54) is 317 Å². The molecule has 1 fully saturated rings. The number of amides is 1. The van der Waals surface area contributed by atoms with Crippen LogP contribution in [0.3, 0.4) is 0 Å². The van der Waals surface area contributed by atoms with E-state index in [4.69, 9.17) is 9.47 Å². The Morgan fingerprint density at radius 1 is 0.304 bits per heavy atom. The summed E-state index contributed by atoms with van der Waals surface area (Å²) in [5, 5.41) is 78.6. The van der Waals surface area contributed by atoms with Gasteiger partial charge in [0.2, 0.25) is 5.91 Å². The van der Waals surface area contributed by atoms with Gasteiger partial charge in [-0.15, -0.1) is 0 Å². The number of nitrogens with zero attached hydrogens (tertiary/aromatic N) is 1. The monoisotopic (exact) mass is 1060 g/mol. The number of esters is 2. The number of halogens is 1. The smallest absolute Gasteiger partial charge is 0.329 e. The fourth-order valence-corrected chi connectivity index (χ4v) is 27.1. The van der Waals surface area contributed by atoms with Gasteiger partial charge < -0.3 is 14.4 Å². The highest BCUT2D eigenvalue weighted by atomic mass is 79.9. The summed E-state index contributed by atoms with van der Waals surface area (Å²) in [5.74, 6) is -1.02. The second-order valence-corrected chi connectivity index (χ2v) is 28.3. The maximum atomic E-state index is 16.5. The normalized spacial score (nSPS) is 23.1. The molecule has 348 valence electrons. The Balaban J connectivity index is 1.08. The van der Waals surface area contributed by atoms with Gasteiger partial charge in [-0.3, -0.25) is 4.79 Å². The van der Waals surface area contributed by atoms with Gasteiger partial charge in [0.05, 0.1) is 25.0 Å². The van der Waals surface area contributed by atoms with Crippen molar-refractivity contribution in [2.24, 2.45) is 0 Å². The number of methoxy groups -OCH3 is 2. The number of likely N-dealkylation sites (tertiary alicyclic amines) is 1. The van der Waals surface area contributed by atoms with Crippen LogP contribution in [0, 0.1) is 0 Å². The van der Waals surface area contributed by atoms with Crippen molar-refractivity contribution in [3.05, 3.63) is 22.3 Å². The molecular weight excluding hydrogens is 1040 g/mol. The second-order valence-electron chi connectivity index (χ2n) is 27.5. The standard InChI is InChI=1S/C72H18BrNO5/c1-78-69(76)67-71-63-55-47-37-27-19-11-9-10-13-17-15(11)23-31-25(17)35-29-21(13)22-14(10)18-16-12(9)20(19)28-34-24(16)32-26(18)36-30(22)40-39(29)49-43(35)53-45(31)51(41(47)33(23)27)59(63)61(53)65-57(49)58-50(40)44(36)54-46(32)52-42(34)48(38(28)37)56(55)64(71)60(52)62(54)66(58)72(65,71)68(70(77)79-2)74(67)8(75)6-4-3-5-7-73/h67-68H,3-7H2,1-2H3/t67-,68+,71?,72?. The molecule has 1 saturated heterocycles. The molecule has 0 unspecified atom stereocenters. The minimum absolute atomic E-state index is 0.156. The van der Waals surface area contributed by atoms with E-state index in [9.17, 15) is 0 Å². The third kappa shape index (κ3) is 1.91. The van der Waals surface area contributed by atoms with Crippen LogP contribution in [0.15, 0.2) is 0 Å². The van der Waals surface area contributed by atoms with E-state index in [2.05, 4.69) is 15.9 Å². The quantitative estimate of drug-likeness (QED) is 0.0688. The van der Waals surface area contributed by atoms with E-state index in [1.54, 1.807) is 10.8 Å². The molecule has 7 heteroatoms. The van der Waals surface area contributed by atoms with Crippen molar-refractivity contribution < 1.29 is 23.9 Å². The molecule has 0 bridgehead atoms. The van der Waals surface area contributed by atoms with Gasteiger partial charge in [-0.25, -0.2) is 9.59 Å². The van der Waals surface area contributed by atoms with Gasteiger partial charge in [0.25, 0.3) is 0 Å². The minimum Gasteiger partial charge on any atom is -0.467 e. The third-order valence-electron chi connectivity index (χ3n) is 27.0. The highest BCUT2D eigenvalue weighted by molar-refractivity contribution is 9.09. The number of alkyl halides is 1. The SMILES string of the molecule is COC(=O)[C@@H]1N(C(=O)CCCCCBr)[C@H](C(=O)OC)C23c4c5c6c7c8c9c(c%10c%11c2c2c4c4c%12c5c5c6c6c8c8c%13c9c9c%10c%10c%11c%11c2c2c4c4c%12c%12c5c5c6c8c6c8c%13c9c9c%10c%10c%11c2c2c4c4c%12c5c6c5c8c9c%10c2c45)C713. The van der Waals surface area contributed by atoms with Crippen LogP contribution < -0.4 is 0 Å². The van der Waals surface area contributed by atoms with E-state index in [1.807, 2.05) is 4.90 Å². The first-order chi connectivity index (χ1) is 39.1. The topological polar surface area (TPSA) is 72.9 Å². The average Bonchev–Trinajstić information content (AvgIpc) is 1.59. The molecule has 28 aromatic carbocycles. The Kier molecular flexibility index (Phi) is 3.30. The number of rotatable bonds is 7. The number of hydrogen-bond donors (Lipinski definition) is 0. The first-order valence-corrected chi connectivity index (χ1v) is 30.0. The van der Waals surface area contributed by atoms with Gasteiger partial charge >= 0.3 is 11.9 Å². The summed E-state index contributed by atoms with van der Waals surface area (Å²) < 4.78 is 12.7. The predicted molar refractivity (Wildman–Crippen MR) is 325 cm³/mol. The van der Waals surface area contributed by atoms with Crippen LogP contribution >= 0.6 is 15.9 Å². The molecule has 1 heterocycles. The summed E-state index contributed by atoms with van der Waals surface area (Å²) in [7, 11) is 3.06. The van der Waals surface area contributed by atoms with Crippen molar-refractivity contribution in [2.75, 3.05) is 19.5 Å². The van der Waals surface area contributed by atoms with Gasteiger partial charge in [0, 0.05) is 11.8 Å². The van der Waals surface area contributed by atoms with Gasteiger partial charge in [-0.2, -0.15) is 0 Å². The highest BCUT2D eigenvalue weighted by Gasteiger charge is 2.83.